The van der Waals surface area contributed by atoms with Gasteiger partial charge >= 0.3 is 0 Å². The van der Waals surface area contributed by atoms with Gasteiger partial charge in [-0.25, -0.2) is 4.39 Å². The first-order valence-electron chi connectivity index (χ1n) is 3.19. The monoisotopic (exact) mass is 298 g/mol. The minimum atomic E-state index is -0.318. The Labute approximate surface area is 88.1 Å². The fraction of sp³-hybridized carbons (Fsp3) is 0.125. The van der Waals surface area contributed by atoms with Crippen molar-refractivity contribution in [2.24, 2.45) is 0 Å². The summed E-state index contributed by atoms with van der Waals surface area (Å²) in [6, 6.07) is 4.18. The van der Waals surface area contributed by atoms with Crippen LogP contribution in [0.15, 0.2) is 18.2 Å². The number of ketones is 1. The van der Waals surface area contributed by atoms with Crippen molar-refractivity contribution >= 4 is 40.0 Å². The Hall–Kier alpha value is -0.160. The van der Waals surface area contributed by atoms with Crippen molar-refractivity contribution < 1.29 is 9.18 Å². The number of alkyl halides is 1. The normalized spacial score (nSPS) is 9.92. The van der Waals surface area contributed by atoms with Crippen LogP contribution in [0.5, 0.6) is 0 Å². The Kier molecular flexibility index (Phi) is 3.46. The predicted molar refractivity (Wildman–Crippen MR) is 54.2 cm³/mol. The molecule has 64 valence electrons. The van der Waals surface area contributed by atoms with Crippen molar-refractivity contribution in [3.63, 3.8) is 0 Å². The SMILES string of the molecule is O=C(CCl)c1ccc(F)c(I)c1. The lowest BCUT2D eigenvalue weighted by Crippen LogP contribution is -2.00. The van der Waals surface area contributed by atoms with E-state index < -0.39 is 0 Å². The Bertz CT molecular complexity index is 314. The molecule has 0 heterocycles. The Balaban J connectivity index is 3.05. The van der Waals surface area contributed by atoms with E-state index in [1.807, 2.05) is 22.6 Å². The van der Waals surface area contributed by atoms with Crippen LogP contribution in [0.1, 0.15) is 10.4 Å². The van der Waals surface area contributed by atoms with Crippen LogP contribution in [0.2, 0.25) is 0 Å². The molecule has 0 aliphatic heterocycles. The van der Waals surface area contributed by atoms with E-state index in [2.05, 4.69) is 0 Å². The smallest absolute Gasteiger partial charge is 0.177 e. The summed E-state index contributed by atoms with van der Waals surface area (Å²) in [5.74, 6) is -0.571. The van der Waals surface area contributed by atoms with E-state index in [9.17, 15) is 9.18 Å². The second-order valence-electron chi connectivity index (χ2n) is 2.19. The van der Waals surface area contributed by atoms with Gasteiger partial charge in [0, 0.05) is 9.13 Å². The van der Waals surface area contributed by atoms with Gasteiger partial charge in [0.25, 0.3) is 0 Å². The van der Waals surface area contributed by atoms with Crippen molar-refractivity contribution in [3.05, 3.63) is 33.1 Å². The number of Topliss-reactive ketones (excluding diaryl/α,β-unsaturated/α-hetero) is 1. The van der Waals surface area contributed by atoms with Crippen molar-refractivity contribution in [3.8, 4) is 0 Å². The molecule has 12 heavy (non-hydrogen) atoms. The number of benzene rings is 1. The number of rotatable bonds is 2. The fourth-order valence-electron chi connectivity index (χ4n) is 0.747. The van der Waals surface area contributed by atoms with E-state index in [-0.39, 0.29) is 17.5 Å². The molecule has 0 aromatic heterocycles. The summed E-state index contributed by atoms with van der Waals surface area (Å²) in [5.41, 5.74) is 0.454. The van der Waals surface area contributed by atoms with Gasteiger partial charge in [-0.2, -0.15) is 0 Å². The van der Waals surface area contributed by atoms with Crippen molar-refractivity contribution in [2.45, 2.75) is 0 Å². The zero-order valence-electron chi connectivity index (χ0n) is 5.98. The molecule has 0 N–H and O–H groups in total. The van der Waals surface area contributed by atoms with Crippen LogP contribution >= 0.6 is 34.2 Å². The van der Waals surface area contributed by atoms with E-state index in [4.69, 9.17) is 11.6 Å². The quantitative estimate of drug-likeness (QED) is 0.466. The lowest BCUT2D eigenvalue weighted by Gasteiger charge is -1.98. The first kappa shape index (κ1) is 9.92. The number of carbonyl (C=O) groups excluding carboxylic acids is 1. The zero-order chi connectivity index (χ0) is 9.14. The van der Waals surface area contributed by atoms with E-state index in [1.54, 1.807) is 0 Å². The first-order valence-corrected chi connectivity index (χ1v) is 4.80. The number of hydrogen-bond acceptors (Lipinski definition) is 1. The lowest BCUT2D eigenvalue weighted by molar-refractivity contribution is 0.102. The largest absolute Gasteiger partial charge is 0.293 e. The molecule has 0 radical (unpaired) electrons. The Morgan fingerprint density at radius 2 is 2.25 bits per heavy atom. The van der Waals surface area contributed by atoms with Gasteiger partial charge in [0.1, 0.15) is 5.82 Å². The average molecular weight is 298 g/mol. The molecule has 0 saturated heterocycles. The molecule has 0 atom stereocenters. The molecule has 1 nitrogen and oxygen atoms in total. The van der Waals surface area contributed by atoms with E-state index >= 15 is 0 Å². The van der Waals surface area contributed by atoms with Crippen LogP contribution in [-0.2, 0) is 0 Å². The van der Waals surface area contributed by atoms with Gasteiger partial charge in [-0.15, -0.1) is 11.6 Å². The third kappa shape index (κ3) is 2.17. The molecule has 1 aromatic carbocycles. The summed E-state index contributed by atoms with van der Waals surface area (Å²) in [7, 11) is 0. The molecule has 0 bridgehead atoms. The van der Waals surface area contributed by atoms with Gasteiger partial charge in [-0.3, -0.25) is 4.79 Å². The summed E-state index contributed by atoms with van der Waals surface area (Å²) in [6.07, 6.45) is 0. The molecule has 0 spiro atoms. The van der Waals surface area contributed by atoms with Crippen LogP contribution in [-0.4, -0.2) is 11.7 Å². The van der Waals surface area contributed by atoms with Gasteiger partial charge in [0.15, 0.2) is 5.78 Å². The highest BCUT2D eigenvalue weighted by atomic mass is 127. The highest BCUT2D eigenvalue weighted by molar-refractivity contribution is 14.1. The highest BCUT2D eigenvalue weighted by Crippen LogP contribution is 2.13. The van der Waals surface area contributed by atoms with Crippen molar-refractivity contribution in [1.82, 2.24) is 0 Å². The van der Waals surface area contributed by atoms with Crippen LogP contribution in [0, 0.1) is 9.39 Å². The third-order valence-electron chi connectivity index (χ3n) is 1.36. The maximum absolute atomic E-state index is 12.7. The topological polar surface area (TPSA) is 17.1 Å². The van der Waals surface area contributed by atoms with E-state index in [0.29, 0.717) is 9.13 Å². The third-order valence-corrected chi connectivity index (χ3v) is 2.43. The van der Waals surface area contributed by atoms with Crippen molar-refractivity contribution in [2.75, 3.05) is 5.88 Å². The number of carbonyl (C=O) groups is 1. The van der Waals surface area contributed by atoms with Gasteiger partial charge < -0.3 is 0 Å². The number of halogens is 3. The minimum Gasteiger partial charge on any atom is -0.293 e. The highest BCUT2D eigenvalue weighted by Gasteiger charge is 2.06. The Morgan fingerprint density at radius 1 is 1.58 bits per heavy atom. The molecule has 1 rings (SSSR count). The van der Waals surface area contributed by atoms with E-state index in [0.717, 1.165) is 0 Å². The molecular weight excluding hydrogens is 293 g/mol. The Morgan fingerprint density at radius 3 is 2.75 bits per heavy atom. The van der Waals surface area contributed by atoms with Crippen LogP contribution < -0.4 is 0 Å². The molecule has 0 unspecified atom stereocenters. The lowest BCUT2D eigenvalue weighted by atomic mass is 10.1. The average Bonchev–Trinajstić information content (AvgIpc) is 2.08. The van der Waals surface area contributed by atoms with Gasteiger partial charge in [-0.05, 0) is 40.8 Å². The summed E-state index contributed by atoms with van der Waals surface area (Å²) < 4.78 is 13.1. The van der Waals surface area contributed by atoms with Crippen LogP contribution in [0.3, 0.4) is 0 Å². The molecule has 1 aromatic rings. The maximum atomic E-state index is 12.7. The van der Waals surface area contributed by atoms with Gasteiger partial charge in [0.05, 0.1) is 5.88 Å². The molecule has 0 saturated carbocycles. The molecular formula is C8H5ClFIO. The molecule has 0 aliphatic rings. The second-order valence-corrected chi connectivity index (χ2v) is 3.62. The number of hydrogen-bond donors (Lipinski definition) is 0. The first-order chi connectivity index (χ1) is 5.65. The van der Waals surface area contributed by atoms with Crippen molar-refractivity contribution in [1.29, 1.82) is 0 Å². The summed E-state index contributed by atoms with van der Waals surface area (Å²) in [6.45, 7) is 0. The fourth-order valence-corrected chi connectivity index (χ4v) is 1.42. The minimum absolute atomic E-state index is 0.0677. The predicted octanol–water partition coefficient (Wildman–Crippen LogP) is 2.85. The van der Waals surface area contributed by atoms with Gasteiger partial charge in [-0.1, -0.05) is 0 Å². The zero-order valence-corrected chi connectivity index (χ0v) is 8.89. The summed E-state index contributed by atoms with van der Waals surface area (Å²) >= 11 is 7.16. The van der Waals surface area contributed by atoms with E-state index in [1.165, 1.54) is 18.2 Å². The second kappa shape index (κ2) is 4.18. The maximum Gasteiger partial charge on any atom is 0.177 e. The molecule has 4 heteroatoms. The molecule has 0 aliphatic carbocycles. The summed E-state index contributed by atoms with van der Waals surface area (Å²) in [4.78, 5) is 11.0. The summed E-state index contributed by atoms with van der Waals surface area (Å²) in [5, 5.41) is 0. The van der Waals surface area contributed by atoms with Gasteiger partial charge in [0.2, 0.25) is 0 Å². The molecule has 0 amide bonds. The van der Waals surface area contributed by atoms with Crippen LogP contribution in [0.4, 0.5) is 4.39 Å². The van der Waals surface area contributed by atoms with Crippen LogP contribution in [0.25, 0.3) is 0 Å². The standard InChI is InChI=1S/C8H5ClFIO/c9-4-8(12)5-1-2-6(10)7(11)3-5/h1-3H,4H2. The molecule has 0 fully saturated rings.